The van der Waals surface area contributed by atoms with E-state index in [0.717, 1.165) is 11.1 Å². The molecule has 26 heavy (non-hydrogen) atoms. The maximum Gasteiger partial charge on any atom is 0.266 e. The highest BCUT2D eigenvalue weighted by molar-refractivity contribution is 8.26. The molecule has 134 valence electrons. The van der Waals surface area contributed by atoms with Gasteiger partial charge in [-0.25, -0.2) is 0 Å². The van der Waals surface area contributed by atoms with Crippen molar-refractivity contribution < 1.29 is 14.3 Å². The third-order valence-corrected chi connectivity index (χ3v) is 5.44. The SMILES string of the molecule is COc1ccc(OC)c(/C=C2\SC(=S)N(Cc3ccc(C)cc3)C2=O)c1. The quantitative estimate of drug-likeness (QED) is 0.563. The Balaban J connectivity index is 1.86. The number of hydrogen-bond acceptors (Lipinski definition) is 5. The Morgan fingerprint density at radius 3 is 2.50 bits per heavy atom. The van der Waals surface area contributed by atoms with Crippen molar-refractivity contribution in [1.82, 2.24) is 4.90 Å². The Morgan fingerprint density at radius 2 is 1.85 bits per heavy atom. The lowest BCUT2D eigenvalue weighted by Crippen LogP contribution is -2.27. The van der Waals surface area contributed by atoms with Crippen LogP contribution in [0.15, 0.2) is 47.4 Å². The standard InChI is InChI=1S/C20H19NO3S2/c1-13-4-6-14(7-5-13)12-21-19(22)18(26-20(21)25)11-15-10-16(23-2)8-9-17(15)24-3/h4-11H,12H2,1-3H3/b18-11-. The fourth-order valence-electron chi connectivity index (χ4n) is 2.61. The van der Waals surface area contributed by atoms with Gasteiger partial charge in [0.2, 0.25) is 0 Å². The Labute approximate surface area is 162 Å². The van der Waals surface area contributed by atoms with E-state index in [1.54, 1.807) is 25.2 Å². The zero-order valence-corrected chi connectivity index (χ0v) is 16.4. The maximum absolute atomic E-state index is 12.8. The number of benzene rings is 2. The first-order chi connectivity index (χ1) is 12.5. The first kappa shape index (κ1) is 18.5. The Hall–Kier alpha value is -2.31. The summed E-state index contributed by atoms with van der Waals surface area (Å²) in [5.41, 5.74) is 3.01. The normalized spacial score (nSPS) is 15.7. The van der Waals surface area contributed by atoms with E-state index in [2.05, 4.69) is 0 Å². The molecule has 0 aromatic heterocycles. The number of thiocarbonyl (C=S) groups is 1. The predicted molar refractivity (Wildman–Crippen MR) is 109 cm³/mol. The van der Waals surface area contributed by atoms with Crippen molar-refractivity contribution >= 4 is 40.3 Å². The minimum atomic E-state index is -0.0922. The molecular weight excluding hydrogens is 366 g/mol. The number of ether oxygens (including phenoxy) is 2. The number of amides is 1. The van der Waals surface area contributed by atoms with Crippen LogP contribution in [-0.2, 0) is 11.3 Å². The molecule has 1 fully saturated rings. The molecule has 0 spiro atoms. The van der Waals surface area contributed by atoms with Gasteiger partial charge >= 0.3 is 0 Å². The summed E-state index contributed by atoms with van der Waals surface area (Å²) in [6.07, 6.45) is 1.80. The number of rotatable bonds is 5. The van der Waals surface area contributed by atoms with Crippen LogP contribution in [0.5, 0.6) is 11.5 Å². The number of methoxy groups -OCH3 is 2. The van der Waals surface area contributed by atoms with Gasteiger partial charge in [0, 0.05) is 5.56 Å². The lowest BCUT2D eigenvalue weighted by Gasteiger charge is -2.14. The van der Waals surface area contributed by atoms with Gasteiger partial charge in [0.1, 0.15) is 15.8 Å². The number of carbonyl (C=O) groups excluding carboxylic acids is 1. The summed E-state index contributed by atoms with van der Waals surface area (Å²) in [4.78, 5) is 15.0. The van der Waals surface area contributed by atoms with Crippen molar-refractivity contribution in [2.75, 3.05) is 14.2 Å². The van der Waals surface area contributed by atoms with Gasteiger partial charge in [-0.05, 0) is 36.8 Å². The van der Waals surface area contributed by atoms with Crippen molar-refractivity contribution in [2.45, 2.75) is 13.5 Å². The van der Waals surface area contributed by atoms with Crippen molar-refractivity contribution in [3.63, 3.8) is 0 Å². The molecule has 0 radical (unpaired) electrons. The molecule has 0 atom stereocenters. The molecule has 0 saturated carbocycles. The second-order valence-corrected chi connectivity index (χ2v) is 7.54. The second kappa shape index (κ2) is 7.93. The summed E-state index contributed by atoms with van der Waals surface area (Å²) in [6, 6.07) is 13.6. The first-order valence-electron chi connectivity index (χ1n) is 8.04. The molecular formula is C20H19NO3S2. The number of carbonyl (C=O) groups is 1. The molecule has 1 aliphatic rings. The average molecular weight is 386 g/mol. The third-order valence-electron chi connectivity index (χ3n) is 4.06. The van der Waals surface area contributed by atoms with Crippen LogP contribution in [0.25, 0.3) is 6.08 Å². The fraction of sp³-hybridized carbons (Fsp3) is 0.200. The number of hydrogen-bond donors (Lipinski definition) is 0. The lowest BCUT2D eigenvalue weighted by atomic mass is 10.1. The van der Waals surface area contributed by atoms with Crippen molar-refractivity contribution in [3.05, 3.63) is 64.1 Å². The van der Waals surface area contributed by atoms with E-state index < -0.39 is 0 Å². The minimum Gasteiger partial charge on any atom is -0.497 e. The van der Waals surface area contributed by atoms with Crippen LogP contribution in [0.1, 0.15) is 16.7 Å². The van der Waals surface area contributed by atoms with Crippen LogP contribution in [-0.4, -0.2) is 29.3 Å². The van der Waals surface area contributed by atoms with E-state index >= 15 is 0 Å². The van der Waals surface area contributed by atoms with Gasteiger partial charge in [-0.2, -0.15) is 0 Å². The molecule has 0 N–H and O–H groups in total. The van der Waals surface area contributed by atoms with Crippen LogP contribution in [0.2, 0.25) is 0 Å². The maximum atomic E-state index is 12.8. The highest BCUT2D eigenvalue weighted by Gasteiger charge is 2.32. The molecule has 6 heteroatoms. The van der Waals surface area contributed by atoms with Crippen molar-refractivity contribution in [3.8, 4) is 11.5 Å². The van der Waals surface area contributed by atoms with Gasteiger partial charge in [-0.1, -0.05) is 53.8 Å². The monoisotopic (exact) mass is 385 g/mol. The Kier molecular flexibility index (Phi) is 5.64. The molecule has 0 aliphatic carbocycles. The first-order valence-corrected chi connectivity index (χ1v) is 9.27. The van der Waals surface area contributed by atoms with E-state index in [0.29, 0.717) is 27.3 Å². The van der Waals surface area contributed by atoms with Gasteiger partial charge in [-0.15, -0.1) is 0 Å². The highest BCUT2D eigenvalue weighted by atomic mass is 32.2. The zero-order chi connectivity index (χ0) is 18.7. The van der Waals surface area contributed by atoms with E-state index in [-0.39, 0.29) is 5.91 Å². The van der Waals surface area contributed by atoms with Gasteiger partial charge in [-0.3, -0.25) is 9.69 Å². The van der Waals surface area contributed by atoms with Crippen LogP contribution in [0.4, 0.5) is 0 Å². The fourth-order valence-corrected chi connectivity index (χ4v) is 3.85. The molecule has 0 bridgehead atoms. The molecule has 1 amide bonds. The number of thioether (sulfide) groups is 1. The minimum absolute atomic E-state index is 0.0922. The second-order valence-electron chi connectivity index (χ2n) is 5.86. The van der Waals surface area contributed by atoms with Crippen LogP contribution in [0.3, 0.4) is 0 Å². The van der Waals surface area contributed by atoms with Crippen molar-refractivity contribution in [1.29, 1.82) is 0 Å². The van der Waals surface area contributed by atoms with E-state index in [1.165, 1.54) is 17.3 Å². The summed E-state index contributed by atoms with van der Waals surface area (Å²) >= 11 is 6.72. The molecule has 4 nitrogen and oxygen atoms in total. The van der Waals surface area contributed by atoms with E-state index in [9.17, 15) is 4.79 Å². The zero-order valence-electron chi connectivity index (χ0n) is 14.8. The van der Waals surface area contributed by atoms with Gasteiger partial charge in [0.15, 0.2) is 0 Å². The summed E-state index contributed by atoms with van der Waals surface area (Å²) in [7, 11) is 3.20. The van der Waals surface area contributed by atoms with Gasteiger partial charge in [0.05, 0.1) is 25.7 Å². The molecule has 2 aromatic rings. The Bertz CT molecular complexity index is 875. The van der Waals surface area contributed by atoms with E-state index in [1.807, 2.05) is 49.4 Å². The van der Waals surface area contributed by atoms with Crippen molar-refractivity contribution in [2.24, 2.45) is 0 Å². The molecule has 1 heterocycles. The van der Waals surface area contributed by atoms with Crippen LogP contribution >= 0.6 is 24.0 Å². The molecule has 2 aromatic carbocycles. The number of nitrogens with zero attached hydrogens (tertiary/aromatic N) is 1. The highest BCUT2D eigenvalue weighted by Crippen LogP contribution is 2.36. The van der Waals surface area contributed by atoms with Crippen LogP contribution < -0.4 is 9.47 Å². The summed E-state index contributed by atoms with van der Waals surface area (Å²) in [6.45, 7) is 2.51. The van der Waals surface area contributed by atoms with Gasteiger partial charge < -0.3 is 9.47 Å². The summed E-state index contributed by atoms with van der Waals surface area (Å²) < 4.78 is 11.2. The van der Waals surface area contributed by atoms with Crippen LogP contribution in [0, 0.1) is 6.92 Å². The molecule has 0 unspecified atom stereocenters. The van der Waals surface area contributed by atoms with Gasteiger partial charge in [0.25, 0.3) is 5.91 Å². The molecule has 1 saturated heterocycles. The molecule has 3 rings (SSSR count). The predicted octanol–water partition coefficient (Wildman–Crippen LogP) is 4.41. The largest absolute Gasteiger partial charge is 0.497 e. The summed E-state index contributed by atoms with van der Waals surface area (Å²) in [5.74, 6) is 1.28. The summed E-state index contributed by atoms with van der Waals surface area (Å²) in [5, 5.41) is 0. The molecule has 1 aliphatic heterocycles. The van der Waals surface area contributed by atoms with E-state index in [4.69, 9.17) is 21.7 Å². The Morgan fingerprint density at radius 1 is 1.12 bits per heavy atom. The topological polar surface area (TPSA) is 38.8 Å². The number of aryl methyl sites for hydroxylation is 1. The lowest BCUT2D eigenvalue weighted by molar-refractivity contribution is -0.122. The third kappa shape index (κ3) is 3.92. The smallest absolute Gasteiger partial charge is 0.266 e. The average Bonchev–Trinajstić information content (AvgIpc) is 2.90.